The number of Topliss-reactive ketones (excluding diaryl/α,β-unsaturated/α-hetero) is 1. The summed E-state index contributed by atoms with van der Waals surface area (Å²) in [5.41, 5.74) is 2.18. The lowest BCUT2D eigenvalue weighted by molar-refractivity contribution is -0.121. The van der Waals surface area contributed by atoms with E-state index in [4.69, 9.17) is 0 Å². The fourth-order valence-electron chi connectivity index (χ4n) is 1.60. The number of aryl methyl sites for hydroxylation is 2. The molecular formula is C14H21NO. The van der Waals surface area contributed by atoms with Crippen molar-refractivity contribution in [1.29, 1.82) is 0 Å². The van der Waals surface area contributed by atoms with E-state index in [0.29, 0.717) is 12.2 Å². The number of carbonyl (C=O) groups is 1. The highest BCUT2D eigenvalue weighted by Crippen LogP contribution is 2.07. The Labute approximate surface area is 98.1 Å². The van der Waals surface area contributed by atoms with Gasteiger partial charge in [-0.15, -0.1) is 0 Å². The number of hydrogen-bond donors (Lipinski definition) is 0. The molecule has 0 aliphatic heterocycles. The van der Waals surface area contributed by atoms with Crippen LogP contribution < -0.4 is 0 Å². The minimum atomic E-state index is 0.138. The molecule has 0 radical (unpaired) electrons. The Hall–Kier alpha value is -1.18. The summed E-state index contributed by atoms with van der Waals surface area (Å²) in [7, 11) is 0. The second-order valence-corrected chi connectivity index (χ2v) is 4.49. The summed E-state index contributed by atoms with van der Waals surface area (Å²) in [6, 6.07) is 6.09. The maximum absolute atomic E-state index is 11.5. The summed E-state index contributed by atoms with van der Waals surface area (Å²) >= 11 is 0. The topological polar surface area (TPSA) is 30.0 Å². The van der Waals surface area contributed by atoms with Crippen LogP contribution in [0.25, 0.3) is 0 Å². The van der Waals surface area contributed by atoms with Gasteiger partial charge < -0.3 is 0 Å². The Morgan fingerprint density at radius 2 is 1.88 bits per heavy atom. The van der Waals surface area contributed by atoms with Crippen LogP contribution in [0.15, 0.2) is 18.2 Å². The zero-order chi connectivity index (χ0) is 12.0. The van der Waals surface area contributed by atoms with Crippen LogP contribution in [0, 0.1) is 5.92 Å². The summed E-state index contributed by atoms with van der Waals surface area (Å²) < 4.78 is 0. The molecule has 1 aromatic rings. The van der Waals surface area contributed by atoms with Crippen LogP contribution in [0.5, 0.6) is 0 Å². The van der Waals surface area contributed by atoms with Gasteiger partial charge >= 0.3 is 0 Å². The van der Waals surface area contributed by atoms with E-state index in [0.717, 1.165) is 30.7 Å². The van der Waals surface area contributed by atoms with Gasteiger partial charge in [0.25, 0.3) is 0 Å². The number of aromatic nitrogens is 1. The predicted molar refractivity (Wildman–Crippen MR) is 66.4 cm³/mol. The summed E-state index contributed by atoms with van der Waals surface area (Å²) in [5, 5.41) is 0. The van der Waals surface area contributed by atoms with E-state index in [1.807, 2.05) is 26.0 Å². The fraction of sp³-hybridized carbons (Fsp3) is 0.571. The summed E-state index contributed by atoms with van der Waals surface area (Å²) in [5.74, 6) is 0.460. The van der Waals surface area contributed by atoms with Gasteiger partial charge in [-0.05, 0) is 25.0 Å². The van der Waals surface area contributed by atoms with E-state index in [1.165, 1.54) is 0 Å². The van der Waals surface area contributed by atoms with Gasteiger partial charge in [0.2, 0.25) is 0 Å². The van der Waals surface area contributed by atoms with Crippen LogP contribution in [-0.2, 0) is 17.6 Å². The number of nitrogens with zero attached hydrogens (tertiary/aromatic N) is 1. The largest absolute Gasteiger partial charge is 0.299 e. The molecule has 0 fully saturated rings. The lowest BCUT2D eigenvalue weighted by Crippen LogP contribution is -2.08. The van der Waals surface area contributed by atoms with Crippen LogP contribution in [-0.4, -0.2) is 10.8 Å². The zero-order valence-corrected chi connectivity index (χ0v) is 10.5. The molecule has 0 atom stereocenters. The molecule has 1 aromatic heterocycles. The van der Waals surface area contributed by atoms with Gasteiger partial charge in [-0.25, -0.2) is 0 Å². The summed E-state index contributed by atoms with van der Waals surface area (Å²) in [6.07, 6.45) is 3.52. The maximum Gasteiger partial charge on any atom is 0.135 e. The average molecular weight is 219 g/mol. The Kier molecular flexibility index (Phi) is 5.17. The third-order valence-corrected chi connectivity index (χ3v) is 2.64. The second kappa shape index (κ2) is 6.41. The highest BCUT2D eigenvalue weighted by molar-refractivity contribution is 5.80. The summed E-state index contributed by atoms with van der Waals surface area (Å²) in [4.78, 5) is 16.0. The van der Waals surface area contributed by atoms with Gasteiger partial charge in [-0.3, -0.25) is 9.78 Å². The van der Waals surface area contributed by atoms with Crippen LogP contribution in [0.1, 0.15) is 45.0 Å². The van der Waals surface area contributed by atoms with Gasteiger partial charge in [0, 0.05) is 23.7 Å². The van der Waals surface area contributed by atoms with Crippen LogP contribution >= 0.6 is 0 Å². The predicted octanol–water partition coefficient (Wildman–Crippen LogP) is 3.19. The Morgan fingerprint density at radius 1 is 1.25 bits per heavy atom. The lowest BCUT2D eigenvalue weighted by atomic mass is 10.0. The molecular weight excluding hydrogens is 198 g/mol. The number of rotatable bonds is 6. The summed E-state index contributed by atoms with van der Waals surface area (Å²) in [6.45, 7) is 6.04. The second-order valence-electron chi connectivity index (χ2n) is 4.49. The third kappa shape index (κ3) is 4.13. The molecule has 1 heterocycles. The van der Waals surface area contributed by atoms with Crippen molar-refractivity contribution in [3.63, 3.8) is 0 Å². The molecule has 0 aliphatic rings. The number of ketones is 1. The molecule has 1 rings (SSSR count). The van der Waals surface area contributed by atoms with Crippen molar-refractivity contribution in [2.45, 2.75) is 46.5 Å². The van der Waals surface area contributed by atoms with E-state index in [9.17, 15) is 4.79 Å². The fourth-order valence-corrected chi connectivity index (χ4v) is 1.60. The maximum atomic E-state index is 11.5. The molecule has 88 valence electrons. The van der Waals surface area contributed by atoms with E-state index in [-0.39, 0.29) is 5.92 Å². The van der Waals surface area contributed by atoms with Crippen LogP contribution in [0.3, 0.4) is 0 Å². The minimum Gasteiger partial charge on any atom is -0.299 e. The van der Waals surface area contributed by atoms with Gasteiger partial charge in [0.1, 0.15) is 5.78 Å². The van der Waals surface area contributed by atoms with E-state index < -0.39 is 0 Å². The molecule has 0 amide bonds. The average Bonchev–Trinajstić information content (AvgIpc) is 2.26. The highest BCUT2D eigenvalue weighted by Gasteiger charge is 2.07. The van der Waals surface area contributed by atoms with Crippen molar-refractivity contribution < 1.29 is 4.79 Å². The number of pyridine rings is 1. The third-order valence-electron chi connectivity index (χ3n) is 2.64. The lowest BCUT2D eigenvalue weighted by Gasteiger charge is -2.05. The smallest absolute Gasteiger partial charge is 0.135 e. The minimum absolute atomic E-state index is 0.138. The molecule has 0 spiro atoms. The number of carbonyl (C=O) groups excluding carboxylic acids is 1. The quantitative estimate of drug-likeness (QED) is 0.735. The Bertz CT molecular complexity index is 344. The molecule has 0 bridgehead atoms. The molecule has 2 heteroatoms. The van der Waals surface area contributed by atoms with Crippen molar-refractivity contribution in [3.05, 3.63) is 29.6 Å². The van der Waals surface area contributed by atoms with Crippen molar-refractivity contribution in [2.75, 3.05) is 0 Å². The van der Waals surface area contributed by atoms with Gasteiger partial charge in [0.05, 0.1) is 0 Å². The number of hydrogen-bond acceptors (Lipinski definition) is 2. The first-order chi connectivity index (χ1) is 7.63. The van der Waals surface area contributed by atoms with Crippen molar-refractivity contribution in [3.8, 4) is 0 Å². The van der Waals surface area contributed by atoms with Crippen LogP contribution in [0.4, 0.5) is 0 Å². The van der Waals surface area contributed by atoms with Crippen molar-refractivity contribution >= 4 is 5.78 Å². The van der Waals surface area contributed by atoms with Gasteiger partial charge in [-0.1, -0.05) is 33.3 Å². The zero-order valence-electron chi connectivity index (χ0n) is 10.5. The molecule has 2 nitrogen and oxygen atoms in total. The molecule has 0 saturated carbocycles. The van der Waals surface area contributed by atoms with E-state index in [2.05, 4.69) is 18.0 Å². The molecule has 0 aliphatic carbocycles. The standard InChI is InChI=1S/C14H21NO/c1-4-6-12-7-5-8-13(15-12)9-10-14(16)11(2)3/h5,7-8,11H,4,6,9-10H2,1-3H3. The first kappa shape index (κ1) is 12.9. The van der Waals surface area contributed by atoms with Gasteiger partial charge in [0.15, 0.2) is 0 Å². The first-order valence-corrected chi connectivity index (χ1v) is 6.11. The van der Waals surface area contributed by atoms with Crippen molar-refractivity contribution in [2.24, 2.45) is 5.92 Å². The highest BCUT2D eigenvalue weighted by atomic mass is 16.1. The molecule has 0 N–H and O–H groups in total. The molecule has 0 saturated heterocycles. The van der Waals surface area contributed by atoms with E-state index in [1.54, 1.807) is 0 Å². The Balaban J connectivity index is 2.53. The Morgan fingerprint density at radius 3 is 2.44 bits per heavy atom. The molecule has 16 heavy (non-hydrogen) atoms. The van der Waals surface area contributed by atoms with Crippen LogP contribution in [0.2, 0.25) is 0 Å². The first-order valence-electron chi connectivity index (χ1n) is 6.11. The SMILES string of the molecule is CCCc1cccc(CCC(=O)C(C)C)n1. The monoisotopic (exact) mass is 219 g/mol. The molecule has 0 aromatic carbocycles. The molecule has 0 unspecified atom stereocenters. The van der Waals surface area contributed by atoms with Crippen molar-refractivity contribution in [1.82, 2.24) is 4.98 Å². The normalized spacial score (nSPS) is 10.8. The van der Waals surface area contributed by atoms with E-state index >= 15 is 0 Å². The van der Waals surface area contributed by atoms with Gasteiger partial charge in [-0.2, -0.15) is 0 Å².